The first-order valence-electron chi connectivity index (χ1n) is 1.41. The Kier molecular flexibility index (Phi) is 8.46. The van der Waals surface area contributed by atoms with Gasteiger partial charge in [-0.25, -0.2) is 0 Å². The molecule has 3 nitrogen and oxygen atoms in total. The molecule has 0 unspecified atom stereocenters. The van der Waals surface area contributed by atoms with Crippen LogP contribution in [0.1, 0.15) is 0 Å². The first-order chi connectivity index (χ1) is 3.00. The fourth-order valence-corrected chi connectivity index (χ4v) is 0. The van der Waals surface area contributed by atoms with Gasteiger partial charge < -0.3 is 9.79 Å². The van der Waals surface area contributed by atoms with Crippen LogP contribution in [0.15, 0.2) is 0 Å². The first-order valence-corrected chi connectivity index (χ1v) is 6.15. The van der Waals surface area contributed by atoms with E-state index in [2.05, 4.69) is 0 Å². The van der Waals surface area contributed by atoms with Gasteiger partial charge in [0, 0.05) is 0 Å². The molecular weight excluding hydrogens is 132 g/mol. The Balaban J connectivity index is 0. The summed E-state index contributed by atoms with van der Waals surface area (Å²) in [5.74, 6) is 0. The summed E-state index contributed by atoms with van der Waals surface area (Å²) in [6.45, 7) is 0. The molecule has 0 fully saturated rings. The van der Waals surface area contributed by atoms with Crippen LogP contribution in [-0.4, -0.2) is 43.8 Å². The van der Waals surface area contributed by atoms with Crippen molar-refractivity contribution < 1.29 is 17.7 Å². The van der Waals surface area contributed by atoms with E-state index in [4.69, 9.17) is 9.79 Å². The molecule has 0 aromatic carbocycles. The van der Waals surface area contributed by atoms with Crippen molar-refractivity contribution in [1.82, 2.24) is 0 Å². The van der Waals surface area contributed by atoms with Gasteiger partial charge >= 0.3 is 37.4 Å². The van der Waals surface area contributed by atoms with Gasteiger partial charge in [0.1, 0.15) is 0 Å². The predicted molar refractivity (Wildman–Crippen MR) is 27.5 cm³/mol. The molecular formula is H4AlFLiO3P. The van der Waals surface area contributed by atoms with E-state index in [1.54, 1.807) is 0 Å². The van der Waals surface area contributed by atoms with Crippen LogP contribution < -0.4 is 0 Å². The second kappa shape index (κ2) is 5.35. The molecule has 0 amide bonds. The van der Waals surface area contributed by atoms with E-state index in [9.17, 15) is 7.94 Å². The van der Waals surface area contributed by atoms with Crippen molar-refractivity contribution in [2.24, 2.45) is 0 Å². The summed E-state index contributed by atoms with van der Waals surface area (Å²) in [5.41, 5.74) is 0. The van der Waals surface area contributed by atoms with Gasteiger partial charge in [0.25, 0.3) is 0 Å². The molecule has 2 N–H and O–H groups in total. The van der Waals surface area contributed by atoms with Crippen molar-refractivity contribution in [3.05, 3.63) is 0 Å². The SMILES string of the molecule is O=[P](O)(O)[AlH2].[Li][F]. The molecule has 0 spiro atoms. The van der Waals surface area contributed by atoms with Crippen LogP contribution in [0, 0.1) is 0 Å². The van der Waals surface area contributed by atoms with Gasteiger partial charge in [-0.3, -0.25) is 4.57 Å². The molecule has 0 atom stereocenters. The average Bonchev–Trinajstić information content (AvgIpc) is 1.36. The van der Waals surface area contributed by atoms with Gasteiger partial charge in [0.15, 0.2) is 0 Å². The van der Waals surface area contributed by atoms with Crippen LogP contribution in [0.4, 0.5) is 3.38 Å². The summed E-state index contributed by atoms with van der Waals surface area (Å²) in [4.78, 5) is 15.4. The maximum atomic E-state index is 9.50. The molecule has 0 saturated heterocycles. The third-order valence-corrected chi connectivity index (χ3v) is 0. The fraction of sp³-hybridized carbons (Fsp3) is 0. The molecule has 38 valence electrons. The Bertz CT molecular complexity index is 61.1. The maximum absolute atomic E-state index is 9.50. The Labute approximate surface area is 58.2 Å². The first kappa shape index (κ1) is 11.1. The normalized spacial score (nSPS) is 9.29. The average molecular weight is 136 g/mol. The third-order valence-electron chi connectivity index (χ3n) is 0. The molecule has 0 saturated carbocycles. The number of hydrogen-bond acceptors (Lipinski definition) is 1. The standard InChI is InChI=1S/Al.FH.Li.HO3P.2H/c;;;1-4(2)3;;/h;1H;;(H-,1,2,3);;/q-1;;+1;;;. The van der Waals surface area contributed by atoms with Gasteiger partial charge in [0.2, 0.25) is 6.24 Å². The molecule has 7 heavy (non-hydrogen) atoms. The van der Waals surface area contributed by atoms with Crippen molar-refractivity contribution in [2.75, 3.05) is 0 Å². The van der Waals surface area contributed by atoms with E-state index in [1.165, 1.54) is 0 Å². The van der Waals surface area contributed by atoms with E-state index in [-0.39, 0.29) is 15.8 Å². The predicted octanol–water partition coefficient (Wildman–Crippen LogP) is -1.25. The summed E-state index contributed by atoms with van der Waals surface area (Å²) in [6, 6.07) is 0. The Morgan fingerprint density at radius 2 is 1.57 bits per heavy atom. The Hall–Kier alpha value is 1.21. The molecule has 0 aliphatic rings. The molecule has 0 aliphatic carbocycles. The summed E-state index contributed by atoms with van der Waals surface area (Å²) >= 11 is 0.475. The van der Waals surface area contributed by atoms with Crippen molar-refractivity contribution in [3.63, 3.8) is 0 Å². The van der Waals surface area contributed by atoms with E-state index in [1.807, 2.05) is 0 Å². The molecule has 0 aromatic heterocycles. The zero-order valence-corrected chi connectivity index (χ0v) is 7.02. The van der Waals surface area contributed by atoms with Crippen LogP contribution in [-0.2, 0) is 4.57 Å². The minimum atomic E-state index is -3.50. The number of rotatable bonds is 0. The molecule has 0 radical (unpaired) electrons. The minimum absolute atomic E-state index is 0.0255. The van der Waals surface area contributed by atoms with E-state index in [0.717, 1.165) is 0 Å². The van der Waals surface area contributed by atoms with Crippen LogP contribution in [0.25, 0.3) is 0 Å². The molecule has 0 aromatic rings. The summed E-state index contributed by atoms with van der Waals surface area (Å²) in [5, 5.41) is 0. The van der Waals surface area contributed by atoms with Crippen LogP contribution in [0.3, 0.4) is 0 Å². The second-order valence-corrected chi connectivity index (χ2v) is 6.00. The van der Waals surface area contributed by atoms with Gasteiger partial charge in [-0.1, -0.05) is 0 Å². The zero-order valence-electron chi connectivity index (χ0n) is 4.13. The van der Waals surface area contributed by atoms with Crippen molar-refractivity contribution in [1.29, 1.82) is 0 Å². The van der Waals surface area contributed by atoms with Gasteiger partial charge in [-0.05, 0) is 0 Å². The molecule has 0 aliphatic heterocycles. The summed E-state index contributed by atoms with van der Waals surface area (Å²) in [7, 11) is 0. The number of halogens is 1. The van der Waals surface area contributed by atoms with Gasteiger partial charge in [0.05, 0.1) is 0 Å². The Morgan fingerprint density at radius 1 is 1.57 bits per heavy atom. The van der Waals surface area contributed by atoms with Crippen LogP contribution in [0.2, 0.25) is 0 Å². The van der Waals surface area contributed by atoms with Crippen molar-refractivity contribution in [3.8, 4) is 0 Å². The van der Waals surface area contributed by atoms with E-state index < -0.39 is 6.24 Å². The quantitative estimate of drug-likeness (QED) is 0.323. The van der Waals surface area contributed by atoms with Crippen molar-refractivity contribution in [2.45, 2.75) is 0 Å². The Morgan fingerprint density at radius 3 is 1.57 bits per heavy atom. The van der Waals surface area contributed by atoms with E-state index in [0.29, 0.717) is 18.2 Å². The van der Waals surface area contributed by atoms with Crippen LogP contribution in [0.5, 0.6) is 0 Å². The topological polar surface area (TPSA) is 57.5 Å². The summed E-state index contributed by atoms with van der Waals surface area (Å²) < 4.78 is 18.9. The monoisotopic (exact) mass is 136 g/mol. The number of hydrogen-bond donors (Lipinski definition) is 2. The molecule has 0 bridgehead atoms. The van der Waals surface area contributed by atoms with Crippen LogP contribution >= 0.6 is 6.24 Å². The second-order valence-electron chi connectivity index (χ2n) is 0.835. The molecule has 0 rings (SSSR count). The van der Waals surface area contributed by atoms with Gasteiger partial charge in [-0.2, -0.15) is 0 Å². The van der Waals surface area contributed by atoms with Crippen molar-refractivity contribution >= 4 is 40.3 Å². The summed E-state index contributed by atoms with van der Waals surface area (Å²) in [6.07, 6.45) is -3.50. The van der Waals surface area contributed by atoms with Gasteiger partial charge in [-0.15, -0.1) is 0 Å². The molecule has 0 heterocycles. The molecule has 7 heteroatoms. The van der Waals surface area contributed by atoms with E-state index >= 15 is 0 Å². The zero-order chi connectivity index (χ0) is 6.50. The third kappa shape index (κ3) is 134. The fourth-order valence-electron chi connectivity index (χ4n) is 0.